The van der Waals surface area contributed by atoms with Gasteiger partial charge in [-0.3, -0.25) is 0 Å². The van der Waals surface area contributed by atoms with E-state index in [4.69, 9.17) is 9.47 Å². The van der Waals surface area contributed by atoms with E-state index in [9.17, 15) is 10.0 Å². The Morgan fingerprint density at radius 3 is 2.45 bits per heavy atom. The standard InChI is InChI=1S/C15H23BO4/c1-19-15-9-8-12(10-14(15)16(17)18)11-20-13-6-4-2-3-5-7-13/h8-10,13,17-18H,2-7,11H2,1H3. The van der Waals surface area contributed by atoms with Crippen LogP contribution in [0.15, 0.2) is 18.2 Å². The van der Waals surface area contributed by atoms with Gasteiger partial charge in [0.05, 0.1) is 19.8 Å². The van der Waals surface area contributed by atoms with Gasteiger partial charge in [0.2, 0.25) is 0 Å². The summed E-state index contributed by atoms with van der Waals surface area (Å²) in [7, 11) is -0.00842. The maximum atomic E-state index is 9.35. The van der Waals surface area contributed by atoms with Crippen LogP contribution in [-0.4, -0.2) is 30.4 Å². The van der Waals surface area contributed by atoms with Gasteiger partial charge in [-0.2, -0.15) is 0 Å². The SMILES string of the molecule is COc1ccc(COC2CCCCCC2)cc1B(O)O. The van der Waals surface area contributed by atoms with Crippen molar-refractivity contribution in [3.8, 4) is 5.75 Å². The molecule has 5 heteroatoms. The molecule has 2 rings (SSSR count). The highest BCUT2D eigenvalue weighted by molar-refractivity contribution is 6.59. The van der Waals surface area contributed by atoms with E-state index in [1.54, 1.807) is 12.1 Å². The molecular formula is C15H23BO4. The van der Waals surface area contributed by atoms with Crippen LogP contribution >= 0.6 is 0 Å². The zero-order valence-corrected chi connectivity index (χ0v) is 12.0. The Labute approximate surface area is 120 Å². The van der Waals surface area contributed by atoms with E-state index in [0.717, 1.165) is 18.4 Å². The highest BCUT2D eigenvalue weighted by Gasteiger charge is 2.18. The van der Waals surface area contributed by atoms with Crippen molar-refractivity contribution >= 4 is 12.6 Å². The van der Waals surface area contributed by atoms with Gasteiger partial charge in [-0.15, -0.1) is 0 Å². The van der Waals surface area contributed by atoms with E-state index in [1.807, 2.05) is 6.07 Å². The second-order valence-corrected chi connectivity index (χ2v) is 5.37. The molecule has 0 atom stereocenters. The van der Waals surface area contributed by atoms with E-state index in [2.05, 4.69) is 0 Å². The number of benzene rings is 1. The molecule has 0 bridgehead atoms. The summed E-state index contributed by atoms with van der Waals surface area (Å²) in [5.74, 6) is 0.484. The van der Waals surface area contributed by atoms with Crippen LogP contribution in [-0.2, 0) is 11.3 Å². The fraction of sp³-hybridized carbons (Fsp3) is 0.600. The Bertz CT molecular complexity index is 414. The van der Waals surface area contributed by atoms with Gasteiger partial charge in [0, 0.05) is 5.46 Å². The van der Waals surface area contributed by atoms with Crippen molar-refractivity contribution in [1.82, 2.24) is 0 Å². The second-order valence-electron chi connectivity index (χ2n) is 5.37. The Hall–Kier alpha value is -1.04. The Morgan fingerprint density at radius 2 is 1.85 bits per heavy atom. The normalized spacial score (nSPS) is 16.8. The lowest BCUT2D eigenvalue weighted by Crippen LogP contribution is -2.31. The zero-order chi connectivity index (χ0) is 14.4. The van der Waals surface area contributed by atoms with Gasteiger partial charge in [-0.25, -0.2) is 0 Å². The third-order valence-electron chi connectivity index (χ3n) is 3.86. The van der Waals surface area contributed by atoms with Crippen molar-refractivity contribution in [2.75, 3.05) is 7.11 Å². The van der Waals surface area contributed by atoms with Gasteiger partial charge in [0.15, 0.2) is 0 Å². The molecule has 0 unspecified atom stereocenters. The highest BCUT2D eigenvalue weighted by Crippen LogP contribution is 2.21. The molecule has 1 aliphatic rings. The summed E-state index contributed by atoms with van der Waals surface area (Å²) in [5, 5.41) is 18.7. The summed E-state index contributed by atoms with van der Waals surface area (Å²) in [4.78, 5) is 0. The van der Waals surface area contributed by atoms with Gasteiger partial charge in [0.1, 0.15) is 5.75 Å². The van der Waals surface area contributed by atoms with Crippen molar-refractivity contribution in [3.05, 3.63) is 23.8 Å². The minimum absolute atomic E-state index is 0.335. The first-order chi connectivity index (χ1) is 9.70. The van der Waals surface area contributed by atoms with Crippen LogP contribution in [0.25, 0.3) is 0 Å². The van der Waals surface area contributed by atoms with Crippen LogP contribution in [0.3, 0.4) is 0 Å². The summed E-state index contributed by atoms with van der Waals surface area (Å²) < 4.78 is 11.1. The smallest absolute Gasteiger partial charge is 0.492 e. The van der Waals surface area contributed by atoms with E-state index in [-0.39, 0.29) is 0 Å². The maximum Gasteiger partial charge on any atom is 0.492 e. The molecule has 0 spiro atoms. The number of hydrogen-bond acceptors (Lipinski definition) is 4. The van der Waals surface area contributed by atoms with Gasteiger partial charge in [-0.1, -0.05) is 37.8 Å². The monoisotopic (exact) mass is 278 g/mol. The first kappa shape index (κ1) is 15.4. The van der Waals surface area contributed by atoms with Gasteiger partial charge >= 0.3 is 7.12 Å². The third-order valence-corrected chi connectivity index (χ3v) is 3.86. The number of methoxy groups -OCH3 is 1. The summed E-state index contributed by atoms with van der Waals surface area (Å²) in [6, 6.07) is 5.39. The molecule has 1 fully saturated rings. The molecule has 1 aromatic carbocycles. The average molecular weight is 278 g/mol. The van der Waals surface area contributed by atoms with Crippen molar-refractivity contribution in [1.29, 1.82) is 0 Å². The van der Waals surface area contributed by atoms with E-state index < -0.39 is 7.12 Å². The highest BCUT2D eigenvalue weighted by atomic mass is 16.5. The molecular weight excluding hydrogens is 255 g/mol. The molecule has 110 valence electrons. The molecule has 0 amide bonds. The predicted molar refractivity (Wildman–Crippen MR) is 79.1 cm³/mol. The van der Waals surface area contributed by atoms with Gasteiger partial charge in [-0.05, 0) is 24.5 Å². The van der Waals surface area contributed by atoms with Crippen LogP contribution in [0, 0.1) is 0 Å². The molecule has 1 saturated carbocycles. The summed E-state index contributed by atoms with van der Waals surface area (Å²) in [6.45, 7) is 0.508. The Morgan fingerprint density at radius 1 is 1.15 bits per heavy atom. The number of rotatable bonds is 5. The van der Waals surface area contributed by atoms with Crippen LogP contribution in [0.4, 0.5) is 0 Å². The summed E-state index contributed by atoms with van der Waals surface area (Å²) >= 11 is 0. The zero-order valence-electron chi connectivity index (χ0n) is 12.0. The second kappa shape index (κ2) is 7.67. The van der Waals surface area contributed by atoms with E-state index in [0.29, 0.717) is 23.9 Å². The molecule has 0 aromatic heterocycles. The summed E-state index contributed by atoms with van der Waals surface area (Å²) in [5.41, 5.74) is 1.33. The Balaban J connectivity index is 1.96. The molecule has 0 aliphatic heterocycles. The van der Waals surface area contributed by atoms with Crippen LogP contribution in [0.5, 0.6) is 5.75 Å². The average Bonchev–Trinajstić information content (AvgIpc) is 2.73. The van der Waals surface area contributed by atoms with Crippen molar-refractivity contribution < 1.29 is 19.5 Å². The minimum atomic E-state index is -1.53. The van der Waals surface area contributed by atoms with E-state index in [1.165, 1.54) is 32.8 Å². The summed E-state index contributed by atoms with van der Waals surface area (Å²) in [6.07, 6.45) is 7.70. The lowest BCUT2D eigenvalue weighted by atomic mass is 9.79. The van der Waals surface area contributed by atoms with Crippen molar-refractivity contribution in [2.45, 2.75) is 51.2 Å². The van der Waals surface area contributed by atoms with Crippen molar-refractivity contribution in [2.24, 2.45) is 0 Å². The minimum Gasteiger partial charge on any atom is -0.497 e. The topological polar surface area (TPSA) is 58.9 Å². The predicted octanol–water partition coefficient (Wildman–Crippen LogP) is 1.61. The van der Waals surface area contributed by atoms with Crippen LogP contribution < -0.4 is 10.2 Å². The van der Waals surface area contributed by atoms with E-state index >= 15 is 0 Å². The molecule has 0 heterocycles. The Kier molecular flexibility index (Phi) is 5.89. The number of ether oxygens (including phenoxy) is 2. The molecule has 1 aliphatic carbocycles. The molecule has 0 saturated heterocycles. The largest absolute Gasteiger partial charge is 0.497 e. The van der Waals surface area contributed by atoms with Gasteiger partial charge < -0.3 is 19.5 Å². The molecule has 0 radical (unpaired) electrons. The molecule has 1 aromatic rings. The van der Waals surface area contributed by atoms with Crippen LogP contribution in [0.2, 0.25) is 0 Å². The lowest BCUT2D eigenvalue weighted by Gasteiger charge is -2.16. The fourth-order valence-electron chi connectivity index (χ4n) is 2.70. The van der Waals surface area contributed by atoms with Crippen LogP contribution in [0.1, 0.15) is 44.1 Å². The molecule has 2 N–H and O–H groups in total. The first-order valence-electron chi connectivity index (χ1n) is 7.35. The molecule has 4 nitrogen and oxygen atoms in total. The lowest BCUT2D eigenvalue weighted by molar-refractivity contribution is 0.0310. The third kappa shape index (κ3) is 4.23. The maximum absolute atomic E-state index is 9.35. The fourth-order valence-corrected chi connectivity index (χ4v) is 2.70. The number of hydrogen-bond donors (Lipinski definition) is 2. The molecule has 20 heavy (non-hydrogen) atoms. The quantitative estimate of drug-likeness (QED) is 0.634. The van der Waals surface area contributed by atoms with Crippen molar-refractivity contribution in [3.63, 3.8) is 0 Å². The van der Waals surface area contributed by atoms with Gasteiger partial charge in [0.25, 0.3) is 0 Å². The first-order valence-corrected chi connectivity index (χ1v) is 7.35.